The molecule has 1 N–H and O–H groups in total. The van der Waals surface area contributed by atoms with Crippen LogP contribution in [0.4, 0.5) is 5.69 Å². The maximum atomic E-state index is 12.9. The Morgan fingerprint density at radius 2 is 2.00 bits per heavy atom. The molecule has 0 fully saturated rings. The summed E-state index contributed by atoms with van der Waals surface area (Å²) < 4.78 is 28.7. The smallest absolute Gasteiger partial charge is 0.304 e. The molecule has 118 valence electrons. The van der Waals surface area contributed by atoms with Crippen LogP contribution in [0.2, 0.25) is 0 Å². The molecule has 1 aromatic rings. The Kier molecular flexibility index (Phi) is 4.91. The van der Waals surface area contributed by atoms with E-state index in [0.29, 0.717) is 6.54 Å². The van der Waals surface area contributed by atoms with Crippen LogP contribution in [0.25, 0.3) is 0 Å². The first-order valence-corrected chi connectivity index (χ1v) is 8.81. The quantitative estimate of drug-likeness (QED) is 0.927. The fourth-order valence-electron chi connectivity index (χ4n) is 2.69. The summed E-state index contributed by atoms with van der Waals surface area (Å²) >= 11 is 0. The summed E-state index contributed by atoms with van der Waals surface area (Å²) in [5.41, 5.74) is 1.85. The number of hydrogen-bond acceptors (Lipinski definition) is 3. The van der Waals surface area contributed by atoms with Gasteiger partial charge in [-0.1, -0.05) is 18.2 Å². The van der Waals surface area contributed by atoms with Crippen LogP contribution in [0.15, 0.2) is 24.3 Å². The molecule has 1 aromatic carbocycles. The summed E-state index contributed by atoms with van der Waals surface area (Å²) in [7, 11) is 0.0736. The Bertz CT molecular complexity index is 586. The molecular weight excluding hydrogens is 286 g/mol. The summed E-state index contributed by atoms with van der Waals surface area (Å²) in [6, 6.07) is 7.91. The maximum Gasteiger partial charge on any atom is 0.304 e. The van der Waals surface area contributed by atoms with Gasteiger partial charge in [-0.15, -0.1) is 0 Å². The van der Waals surface area contributed by atoms with E-state index < -0.39 is 10.2 Å². The fourth-order valence-corrected chi connectivity index (χ4v) is 4.30. The van der Waals surface area contributed by atoms with Gasteiger partial charge in [0.15, 0.2) is 0 Å². The van der Waals surface area contributed by atoms with Crippen molar-refractivity contribution in [3.05, 3.63) is 29.8 Å². The average molecular weight is 311 g/mol. The van der Waals surface area contributed by atoms with Crippen molar-refractivity contribution in [1.29, 1.82) is 0 Å². The molecule has 1 heterocycles. The third kappa shape index (κ3) is 3.07. The van der Waals surface area contributed by atoms with Crippen molar-refractivity contribution in [2.45, 2.75) is 38.8 Å². The maximum absolute atomic E-state index is 12.9. The zero-order valence-electron chi connectivity index (χ0n) is 13.2. The van der Waals surface area contributed by atoms with Gasteiger partial charge in [0.05, 0.1) is 5.69 Å². The molecule has 0 saturated carbocycles. The molecule has 0 radical (unpaired) electrons. The number of benzene rings is 1. The summed E-state index contributed by atoms with van der Waals surface area (Å²) in [6.07, 6.45) is 1.77. The lowest BCUT2D eigenvalue weighted by Gasteiger charge is -2.31. The van der Waals surface area contributed by atoms with Crippen LogP contribution in [0.5, 0.6) is 0 Å². The van der Waals surface area contributed by atoms with E-state index in [1.165, 1.54) is 4.31 Å². The summed E-state index contributed by atoms with van der Waals surface area (Å²) in [4.78, 5) is 0. The van der Waals surface area contributed by atoms with Gasteiger partial charge in [0.25, 0.3) is 0 Å². The van der Waals surface area contributed by atoms with Gasteiger partial charge < -0.3 is 5.32 Å². The predicted molar refractivity (Wildman–Crippen MR) is 86.6 cm³/mol. The Labute approximate surface area is 128 Å². The minimum absolute atomic E-state index is 0.0643. The first-order valence-electron chi connectivity index (χ1n) is 7.41. The van der Waals surface area contributed by atoms with E-state index in [2.05, 4.69) is 5.32 Å². The van der Waals surface area contributed by atoms with Crippen LogP contribution in [0, 0.1) is 0 Å². The van der Waals surface area contributed by atoms with E-state index in [1.807, 2.05) is 45.2 Å². The molecule has 6 heteroatoms. The second-order valence-corrected chi connectivity index (χ2v) is 7.64. The fraction of sp³-hybridized carbons (Fsp3) is 0.600. The third-order valence-corrected chi connectivity index (χ3v) is 6.24. The van der Waals surface area contributed by atoms with Gasteiger partial charge in [0.2, 0.25) is 0 Å². The first kappa shape index (κ1) is 16.3. The minimum Gasteiger partial charge on any atom is -0.313 e. The average Bonchev–Trinajstić information content (AvgIpc) is 2.65. The highest BCUT2D eigenvalue weighted by atomic mass is 32.2. The van der Waals surface area contributed by atoms with E-state index >= 15 is 0 Å². The SMILES string of the molecule is CNC1CCCN(S(=O)(=O)N(C)C(C)C)c2ccccc21. The summed E-state index contributed by atoms with van der Waals surface area (Å²) in [5.74, 6) is 0. The van der Waals surface area contributed by atoms with Gasteiger partial charge in [-0.25, -0.2) is 0 Å². The molecule has 0 aliphatic carbocycles. The van der Waals surface area contributed by atoms with Crippen LogP contribution in [0.1, 0.15) is 38.3 Å². The highest BCUT2D eigenvalue weighted by Crippen LogP contribution is 2.34. The molecule has 21 heavy (non-hydrogen) atoms. The molecule has 0 bridgehead atoms. The second-order valence-electron chi connectivity index (χ2n) is 5.73. The van der Waals surface area contributed by atoms with Crippen LogP contribution < -0.4 is 9.62 Å². The van der Waals surface area contributed by atoms with E-state index in [9.17, 15) is 8.42 Å². The Morgan fingerprint density at radius 1 is 1.33 bits per heavy atom. The molecular formula is C15H25N3O2S. The van der Waals surface area contributed by atoms with Crippen LogP contribution in [0.3, 0.4) is 0 Å². The molecule has 5 nitrogen and oxygen atoms in total. The monoisotopic (exact) mass is 311 g/mol. The van der Waals surface area contributed by atoms with Crippen molar-refractivity contribution in [2.75, 3.05) is 24.9 Å². The lowest BCUT2D eigenvalue weighted by Crippen LogP contribution is -2.45. The van der Waals surface area contributed by atoms with Crippen molar-refractivity contribution in [3.8, 4) is 0 Å². The summed E-state index contributed by atoms with van der Waals surface area (Å²) in [5, 5.41) is 3.29. The number of para-hydroxylation sites is 1. The predicted octanol–water partition coefficient (Wildman–Crippen LogP) is 2.13. The molecule has 0 saturated heterocycles. The van der Waals surface area contributed by atoms with Gasteiger partial charge in [-0.3, -0.25) is 4.31 Å². The number of nitrogens with zero attached hydrogens (tertiary/aromatic N) is 2. The molecule has 1 aliphatic heterocycles. The first-order chi connectivity index (χ1) is 9.89. The zero-order chi connectivity index (χ0) is 15.6. The van der Waals surface area contributed by atoms with E-state index in [-0.39, 0.29) is 12.1 Å². The second kappa shape index (κ2) is 6.34. The van der Waals surface area contributed by atoms with E-state index in [1.54, 1.807) is 11.4 Å². The highest BCUT2D eigenvalue weighted by molar-refractivity contribution is 7.90. The largest absolute Gasteiger partial charge is 0.313 e. The van der Waals surface area contributed by atoms with Crippen molar-refractivity contribution >= 4 is 15.9 Å². The highest BCUT2D eigenvalue weighted by Gasteiger charge is 2.33. The Morgan fingerprint density at radius 3 is 2.62 bits per heavy atom. The topological polar surface area (TPSA) is 52.7 Å². The van der Waals surface area contributed by atoms with Crippen molar-refractivity contribution < 1.29 is 8.42 Å². The van der Waals surface area contributed by atoms with Gasteiger partial charge in [0, 0.05) is 25.7 Å². The normalized spacial score (nSPS) is 19.7. The molecule has 1 aliphatic rings. The van der Waals surface area contributed by atoms with Crippen molar-refractivity contribution in [1.82, 2.24) is 9.62 Å². The van der Waals surface area contributed by atoms with Gasteiger partial charge >= 0.3 is 10.2 Å². The standard InChI is InChI=1S/C15H25N3O2S/c1-12(2)17(4)21(19,20)18-11-7-9-14(16-3)13-8-5-6-10-15(13)18/h5-6,8,10,12,14,16H,7,9,11H2,1-4H3. The number of fused-ring (bicyclic) bond motifs is 1. The Hall–Kier alpha value is -1.11. The molecule has 1 unspecified atom stereocenters. The molecule has 0 spiro atoms. The number of rotatable bonds is 4. The number of anilines is 1. The number of hydrogen-bond donors (Lipinski definition) is 1. The lowest BCUT2D eigenvalue weighted by molar-refractivity contribution is 0.407. The van der Waals surface area contributed by atoms with E-state index in [0.717, 1.165) is 24.1 Å². The van der Waals surface area contributed by atoms with E-state index in [4.69, 9.17) is 0 Å². The van der Waals surface area contributed by atoms with Crippen LogP contribution in [-0.2, 0) is 10.2 Å². The van der Waals surface area contributed by atoms with Crippen molar-refractivity contribution in [2.24, 2.45) is 0 Å². The van der Waals surface area contributed by atoms with Crippen molar-refractivity contribution in [3.63, 3.8) is 0 Å². The zero-order valence-corrected chi connectivity index (χ0v) is 14.0. The third-order valence-electron chi connectivity index (χ3n) is 4.15. The minimum atomic E-state index is -3.49. The lowest BCUT2D eigenvalue weighted by atomic mass is 10.0. The van der Waals surface area contributed by atoms with Crippen LogP contribution in [-0.4, -0.2) is 39.4 Å². The Balaban J connectivity index is 2.50. The van der Waals surface area contributed by atoms with Crippen LogP contribution >= 0.6 is 0 Å². The van der Waals surface area contributed by atoms with Gasteiger partial charge in [-0.05, 0) is 45.4 Å². The molecule has 2 rings (SSSR count). The summed E-state index contributed by atoms with van der Waals surface area (Å²) in [6.45, 7) is 4.30. The van der Waals surface area contributed by atoms with Gasteiger partial charge in [-0.2, -0.15) is 12.7 Å². The van der Waals surface area contributed by atoms with Gasteiger partial charge in [0.1, 0.15) is 0 Å². The number of nitrogens with one attached hydrogen (secondary N) is 1. The molecule has 1 atom stereocenters. The molecule has 0 amide bonds. The molecule has 0 aromatic heterocycles.